The summed E-state index contributed by atoms with van der Waals surface area (Å²) in [5.41, 5.74) is 3.85. The summed E-state index contributed by atoms with van der Waals surface area (Å²) in [4.78, 5) is 29.5. The standard InChI is InChI=1S/C33H40ClN3O4S/c1-5-31(33(39)35-27-12-8-9-13-27)36(21-26-11-7-6-10-24(26)3)32(38)22-37(28-17-16-25(4)30(34)20-28)42(40,41)29-18-14-23(2)15-19-29/h6-7,10-11,14-20,27,31H,5,8-9,12-13,21-22H2,1-4H3,(H,35,39). The molecule has 2 amide bonds. The molecular weight excluding hydrogens is 570 g/mol. The largest absolute Gasteiger partial charge is 0.352 e. The van der Waals surface area contributed by atoms with Crippen LogP contribution in [0.1, 0.15) is 61.3 Å². The van der Waals surface area contributed by atoms with Crippen LogP contribution in [-0.2, 0) is 26.2 Å². The van der Waals surface area contributed by atoms with Gasteiger partial charge in [0.15, 0.2) is 0 Å². The maximum atomic E-state index is 14.3. The van der Waals surface area contributed by atoms with Crippen molar-refractivity contribution < 1.29 is 18.0 Å². The summed E-state index contributed by atoms with van der Waals surface area (Å²) in [7, 11) is -4.15. The van der Waals surface area contributed by atoms with E-state index in [9.17, 15) is 18.0 Å². The summed E-state index contributed by atoms with van der Waals surface area (Å²) >= 11 is 6.42. The Hall–Kier alpha value is -3.36. The average Bonchev–Trinajstić information content (AvgIpc) is 3.47. The third kappa shape index (κ3) is 7.34. The van der Waals surface area contributed by atoms with E-state index < -0.39 is 28.5 Å². The Morgan fingerprint density at radius 3 is 2.24 bits per heavy atom. The molecule has 3 aromatic carbocycles. The van der Waals surface area contributed by atoms with Crippen LogP contribution in [-0.4, -0.2) is 43.8 Å². The molecule has 1 aliphatic carbocycles. The lowest BCUT2D eigenvalue weighted by Crippen LogP contribution is -2.53. The van der Waals surface area contributed by atoms with Crippen molar-refractivity contribution in [1.82, 2.24) is 10.2 Å². The molecule has 1 N–H and O–H groups in total. The van der Waals surface area contributed by atoms with Gasteiger partial charge in [0.2, 0.25) is 11.8 Å². The van der Waals surface area contributed by atoms with Crippen LogP contribution in [0.2, 0.25) is 5.02 Å². The third-order valence-corrected chi connectivity index (χ3v) is 10.2. The first-order valence-corrected chi connectivity index (χ1v) is 16.3. The number of amides is 2. The molecule has 42 heavy (non-hydrogen) atoms. The summed E-state index contributed by atoms with van der Waals surface area (Å²) in [5.74, 6) is -0.684. The first-order chi connectivity index (χ1) is 20.0. The van der Waals surface area contributed by atoms with Gasteiger partial charge in [-0.1, -0.05) is 79.4 Å². The van der Waals surface area contributed by atoms with Crippen LogP contribution in [0.4, 0.5) is 5.69 Å². The van der Waals surface area contributed by atoms with E-state index in [1.54, 1.807) is 30.3 Å². The summed E-state index contributed by atoms with van der Waals surface area (Å²) in [6.45, 7) is 7.22. The molecule has 1 saturated carbocycles. The number of sulfonamides is 1. The summed E-state index contributed by atoms with van der Waals surface area (Å²) in [5, 5.41) is 3.54. The third-order valence-electron chi connectivity index (χ3n) is 8.02. The van der Waals surface area contributed by atoms with Gasteiger partial charge in [0.05, 0.1) is 10.6 Å². The van der Waals surface area contributed by atoms with E-state index in [-0.39, 0.29) is 29.1 Å². The quantitative estimate of drug-likeness (QED) is 0.275. The van der Waals surface area contributed by atoms with Gasteiger partial charge in [-0.3, -0.25) is 13.9 Å². The Morgan fingerprint density at radius 2 is 1.62 bits per heavy atom. The Labute approximate surface area is 254 Å². The van der Waals surface area contributed by atoms with Crippen LogP contribution >= 0.6 is 11.6 Å². The smallest absolute Gasteiger partial charge is 0.264 e. The van der Waals surface area contributed by atoms with E-state index in [2.05, 4.69) is 5.32 Å². The summed E-state index contributed by atoms with van der Waals surface area (Å²) in [6, 6.07) is 18.5. The second-order valence-corrected chi connectivity index (χ2v) is 13.4. The number of halogens is 1. The van der Waals surface area contributed by atoms with E-state index in [0.717, 1.165) is 52.2 Å². The highest BCUT2D eigenvalue weighted by molar-refractivity contribution is 7.92. The molecule has 3 aromatic rings. The van der Waals surface area contributed by atoms with E-state index >= 15 is 0 Å². The zero-order valence-corrected chi connectivity index (χ0v) is 26.3. The maximum absolute atomic E-state index is 14.3. The van der Waals surface area contributed by atoms with Crippen LogP contribution in [0.5, 0.6) is 0 Å². The topological polar surface area (TPSA) is 86.8 Å². The molecule has 0 heterocycles. The molecule has 1 unspecified atom stereocenters. The number of carbonyl (C=O) groups excluding carboxylic acids is 2. The zero-order valence-electron chi connectivity index (χ0n) is 24.8. The van der Waals surface area contributed by atoms with Gasteiger partial charge >= 0.3 is 0 Å². The number of benzene rings is 3. The maximum Gasteiger partial charge on any atom is 0.264 e. The number of anilines is 1. The van der Waals surface area contributed by atoms with Crippen LogP contribution < -0.4 is 9.62 Å². The second-order valence-electron chi connectivity index (χ2n) is 11.1. The highest BCUT2D eigenvalue weighted by atomic mass is 35.5. The predicted octanol–water partition coefficient (Wildman–Crippen LogP) is 6.33. The molecule has 0 aliphatic heterocycles. The molecule has 1 atom stereocenters. The monoisotopic (exact) mass is 609 g/mol. The molecule has 0 saturated heterocycles. The lowest BCUT2D eigenvalue weighted by Gasteiger charge is -2.34. The molecule has 9 heteroatoms. The van der Waals surface area contributed by atoms with Crippen LogP contribution in [0.3, 0.4) is 0 Å². The van der Waals surface area contributed by atoms with Crippen molar-refractivity contribution in [2.24, 2.45) is 0 Å². The highest BCUT2D eigenvalue weighted by Gasteiger charge is 2.35. The van der Waals surface area contributed by atoms with Crippen molar-refractivity contribution in [1.29, 1.82) is 0 Å². The van der Waals surface area contributed by atoms with Gasteiger partial charge in [0, 0.05) is 17.6 Å². The second kappa shape index (κ2) is 13.7. The number of nitrogens with one attached hydrogen (secondary N) is 1. The van der Waals surface area contributed by atoms with E-state index in [1.165, 1.54) is 17.0 Å². The Balaban J connectivity index is 1.74. The van der Waals surface area contributed by atoms with Gasteiger partial charge in [-0.2, -0.15) is 0 Å². The highest BCUT2D eigenvalue weighted by Crippen LogP contribution is 2.29. The predicted molar refractivity (Wildman–Crippen MR) is 168 cm³/mol. The fraction of sp³-hybridized carbons (Fsp3) is 0.394. The number of nitrogens with zero attached hydrogens (tertiary/aromatic N) is 2. The van der Waals surface area contributed by atoms with Crippen molar-refractivity contribution >= 4 is 39.1 Å². The Bertz CT molecular complexity index is 1520. The molecular formula is C33H40ClN3O4S. The number of carbonyl (C=O) groups is 2. The average molecular weight is 610 g/mol. The first kappa shape index (κ1) is 31.6. The van der Waals surface area contributed by atoms with Gasteiger partial charge < -0.3 is 10.2 Å². The van der Waals surface area contributed by atoms with Gasteiger partial charge in [0.1, 0.15) is 12.6 Å². The Kier molecular flexibility index (Phi) is 10.3. The number of hydrogen-bond acceptors (Lipinski definition) is 4. The molecule has 224 valence electrons. The first-order valence-electron chi connectivity index (χ1n) is 14.5. The van der Waals surface area contributed by atoms with Gasteiger partial charge in [-0.05, 0) is 81.0 Å². The molecule has 0 aromatic heterocycles. The van der Waals surface area contributed by atoms with E-state index in [0.29, 0.717) is 11.4 Å². The molecule has 1 fully saturated rings. The van der Waals surface area contributed by atoms with Gasteiger partial charge in [-0.15, -0.1) is 0 Å². The lowest BCUT2D eigenvalue weighted by atomic mass is 10.1. The van der Waals surface area contributed by atoms with Crippen molar-refractivity contribution in [3.8, 4) is 0 Å². The van der Waals surface area contributed by atoms with E-state index in [1.807, 2.05) is 52.0 Å². The van der Waals surface area contributed by atoms with Crippen LogP contribution in [0.25, 0.3) is 0 Å². The minimum atomic E-state index is -4.15. The number of aryl methyl sites for hydroxylation is 3. The summed E-state index contributed by atoms with van der Waals surface area (Å²) < 4.78 is 29.2. The normalized spacial score (nSPS) is 14.4. The fourth-order valence-corrected chi connectivity index (χ4v) is 6.94. The molecule has 0 bridgehead atoms. The molecule has 7 nitrogen and oxygen atoms in total. The lowest BCUT2D eigenvalue weighted by molar-refractivity contribution is -0.140. The molecule has 0 radical (unpaired) electrons. The van der Waals surface area contributed by atoms with Crippen molar-refractivity contribution in [3.63, 3.8) is 0 Å². The van der Waals surface area contributed by atoms with Crippen LogP contribution in [0, 0.1) is 20.8 Å². The minimum Gasteiger partial charge on any atom is -0.352 e. The minimum absolute atomic E-state index is 0.0640. The zero-order chi connectivity index (χ0) is 30.4. The molecule has 0 spiro atoms. The fourth-order valence-electron chi connectivity index (χ4n) is 5.36. The summed E-state index contributed by atoms with van der Waals surface area (Å²) in [6.07, 6.45) is 4.36. The van der Waals surface area contributed by atoms with Crippen LogP contribution in [0.15, 0.2) is 71.6 Å². The SMILES string of the molecule is CCC(C(=O)NC1CCCC1)N(Cc1ccccc1C)C(=O)CN(c1ccc(C)c(Cl)c1)S(=O)(=O)c1ccc(C)cc1. The van der Waals surface area contributed by atoms with Gasteiger partial charge in [-0.25, -0.2) is 8.42 Å². The molecule has 4 rings (SSSR count). The van der Waals surface area contributed by atoms with Gasteiger partial charge in [0.25, 0.3) is 10.0 Å². The van der Waals surface area contributed by atoms with E-state index in [4.69, 9.17) is 11.6 Å². The Morgan fingerprint density at radius 1 is 0.952 bits per heavy atom. The number of rotatable bonds is 11. The number of hydrogen-bond donors (Lipinski definition) is 1. The molecule has 1 aliphatic rings. The van der Waals surface area contributed by atoms with Crippen molar-refractivity contribution in [2.75, 3.05) is 10.8 Å². The van der Waals surface area contributed by atoms with Crippen molar-refractivity contribution in [2.45, 2.75) is 83.3 Å². The van der Waals surface area contributed by atoms with Crippen molar-refractivity contribution in [3.05, 3.63) is 94.0 Å².